The van der Waals surface area contributed by atoms with Crippen LogP contribution in [0.4, 0.5) is 13.2 Å². The van der Waals surface area contributed by atoms with E-state index in [2.05, 4.69) is 4.98 Å². The van der Waals surface area contributed by atoms with Gasteiger partial charge in [-0.2, -0.15) is 13.2 Å². The van der Waals surface area contributed by atoms with Crippen LogP contribution in [-0.2, 0) is 0 Å². The summed E-state index contributed by atoms with van der Waals surface area (Å²) >= 11 is 11.3. The molecule has 1 aliphatic heterocycles. The zero-order valence-electron chi connectivity index (χ0n) is 9.55. The average Bonchev–Trinajstić information content (AvgIpc) is 2.81. The molecule has 1 saturated heterocycles. The third kappa shape index (κ3) is 3.12. The van der Waals surface area contributed by atoms with Crippen LogP contribution in [0.3, 0.4) is 0 Å². The van der Waals surface area contributed by atoms with E-state index >= 15 is 0 Å². The molecule has 3 nitrogen and oxygen atoms in total. The molecule has 0 spiro atoms. The van der Waals surface area contributed by atoms with E-state index in [-0.39, 0.29) is 35.2 Å². The van der Waals surface area contributed by atoms with Crippen molar-refractivity contribution in [1.82, 2.24) is 9.88 Å². The number of carbonyl (C=O) groups is 1. The van der Waals surface area contributed by atoms with Crippen LogP contribution >= 0.6 is 23.2 Å². The lowest BCUT2D eigenvalue weighted by Crippen LogP contribution is -2.32. The van der Waals surface area contributed by atoms with E-state index in [1.165, 1.54) is 12.3 Å². The van der Waals surface area contributed by atoms with Gasteiger partial charge >= 0.3 is 6.18 Å². The van der Waals surface area contributed by atoms with Gasteiger partial charge in [0.15, 0.2) is 0 Å². The van der Waals surface area contributed by atoms with Gasteiger partial charge in [0, 0.05) is 19.3 Å². The highest BCUT2D eigenvalue weighted by molar-refractivity contribution is 6.41. The second-order valence-corrected chi connectivity index (χ2v) is 5.04. The first-order valence-electron chi connectivity index (χ1n) is 5.46. The van der Waals surface area contributed by atoms with E-state index in [0.717, 1.165) is 4.90 Å². The van der Waals surface area contributed by atoms with Crippen molar-refractivity contribution >= 4 is 29.1 Å². The minimum absolute atomic E-state index is 0.0489. The first kappa shape index (κ1) is 14.4. The van der Waals surface area contributed by atoms with Crippen LogP contribution in [0.15, 0.2) is 12.3 Å². The molecule has 0 N–H and O–H groups in total. The second kappa shape index (κ2) is 5.17. The molecule has 8 heteroatoms. The SMILES string of the molecule is O=C(c1cnc(Cl)c(Cl)c1)N1CCC(C(F)(F)F)C1. The highest BCUT2D eigenvalue weighted by atomic mass is 35.5. The standard InChI is InChI=1S/C11H9Cl2F3N2O/c12-8-3-6(4-17-9(8)13)10(19)18-2-1-7(5-18)11(14,15)16/h3-4,7H,1-2,5H2. The number of hydrogen-bond donors (Lipinski definition) is 0. The third-order valence-corrected chi connectivity index (χ3v) is 3.67. The average molecular weight is 313 g/mol. The first-order valence-corrected chi connectivity index (χ1v) is 6.21. The van der Waals surface area contributed by atoms with E-state index in [1.807, 2.05) is 0 Å². The number of aromatic nitrogens is 1. The van der Waals surface area contributed by atoms with Gasteiger partial charge in [0.1, 0.15) is 5.15 Å². The zero-order chi connectivity index (χ0) is 14.2. The summed E-state index contributed by atoms with van der Waals surface area (Å²) in [5.74, 6) is -1.98. The largest absolute Gasteiger partial charge is 0.393 e. The van der Waals surface area contributed by atoms with Gasteiger partial charge in [0.05, 0.1) is 16.5 Å². The van der Waals surface area contributed by atoms with Crippen LogP contribution in [0.1, 0.15) is 16.8 Å². The highest BCUT2D eigenvalue weighted by Crippen LogP contribution is 2.34. The quantitative estimate of drug-likeness (QED) is 0.744. The zero-order valence-corrected chi connectivity index (χ0v) is 11.1. The summed E-state index contributed by atoms with van der Waals surface area (Å²) in [4.78, 5) is 16.9. The van der Waals surface area contributed by atoms with Crippen molar-refractivity contribution < 1.29 is 18.0 Å². The molecule has 0 aromatic carbocycles. The minimum Gasteiger partial charge on any atom is -0.338 e. The summed E-state index contributed by atoms with van der Waals surface area (Å²) in [5, 5.41) is 0.145. The lowest BCUT2D eigenvalue weighted by atomic mass is 10.1. The maximum atomic E-state index is 12.5. The molecule has 1 atom stereocenters. The van der Waals surface area contributed by atoms with Gasteiger partial charge < -0.3 is 4.90 Å². The molecule has 2 heterocycles. The van der Waals surface area contributed by atoms with Crippen LogP contribution in [0.25, 0.3) is 0 Å². The van der Waals surface area contributed by atoms with Crippen LogP contribution in [0.2, 0.25) is 10.2 Å². The van der Waals surface area contributed by atoms with Gasteiger partial charge in [-0.05, 0) is 12.5 Å². The normalized spacial score (nSPS) is 19.8. The number of amides is 1. The molecule has 0 saturated carbocycles. The molecular weight excluding hydrogens is 304 g/mol. The Labute approximate surface area is 117 Å². The molecule has 1 aromatic heterocycles. The summed E-state index contributed by atoms with van der Waals surface area (Å²) in [6.07, 6.45) is -3.15. The van der Waals surface area contributed by atoms with Crippen molar-refractivity contribution in [3.05, 3.63) is 28.0 Å². The lowest BCUT2D eigenvalue weighted by Gasteiger charge is -2.18. The van der Waals surface area contributed by atoms with E-state index in [4.69, 9.17) is 23.2 Å². The Hall–Kier alpha value is -1.01. The summed E-state index contributed by atoms with van der Waals surface area (Å²) < 4.78 is 37.6. The molecule has 1 aromatic rings. The van der Waals surface area contributed by atoms with Crippen molar-refractivity contribution in [2.75, 3.05) is 13.1 Å². The Morgan fingerprint density at radius 3 is 2.63 bits per heavy atom. The van der Waals surface area contributed by atoms with Crippen molar-refractivity contribution in [2.45, 2.75) is 12.6 Å². The van der Waals surface area contributed by atoms with Crippen LogP contribution in [0.5, 0.6) is 0 Å². The number of pyridine rings is 1. The molecule has 104 valence electrons. The summed E-state index contributed by atoms with van der Waals surface area (Å²) in [6, 6.07) is 1.31. The van der Waals surface area contributed by atoms with Gasteiger partial charge in [0.25, 0.3) is 5.91 Å². The smallest absolute Gasteiger partial charge is 0.338 e. The maximum absolute atomic E-state index is 12.5. The molecule has 0 bridgehead atoms. The molecule has 1 fully saturated rings. The van der Waals surface area contributed by atoms with Crippen molar-refractivity contribution in [3.8, 4) is 0 Å². The van der Waals surface area contributed by atoms with E-state index in [1.54, 1.807) is 0 Å². The summed E-state index contributed by atoms with van der Waals surface area (Å²) in [6.45, 7) is -0.258. The Balaban J connectivity index is 2.11. The molecular formula is C11H9Cl2F3N2O. The molecule has 0 aliphatic carbocycles. The first-order chi connectivity index (χ1) is 8.79. The fraction of sp³-hybridized carbons (Fsp3) is 0.455. The third-order valence-electron chi connectivity index (χ3n) is 2.98. The predicted molar refractivity (Wildman–Crippen MR) is 64.3 cm³/mol. The van der Waals surface area contributed by atoms with Crippen molar-refractivity contribution in [2.24, 2.45) is 5.92 Å². The van der Waals surface area contributed by atoms with Crippen LogP contribution in [0, 0.1) is 5.92 Å². The number of hydrogen-bond acceptors (Lipinski definition) is 2. The molecule has 2 rings (SSSR count). The number of rotatable bonds is 1. The highest BCUT2D eigenvalue weighted by Gasteiger charge is 2.44. The maximum Gasteiger partial charge on any atom is 0.393 e. The lowest BCUT2D eigenvalue weighted by molar-refractivity contribution is -0.169. The van der Waals surface area contributed by atoms with Crippen LogP contribution in [-0.4, -0.2) is 35.1 Å². The van der Waals surface area contributed by atoms with Crippen molar-refractivity contribution in [1.29, 1.82) is 0 Å². The van der Waals surface area contributed by atoms with Crippen LogP contribution < -0.4 is 0 Å². The van der Waals surface area contributed by atoms with Gasteiger partial charge in [-0.25, -0.2) is 4.98 Å². The fourth-order valence-corrected chi connectivity index (χ4v) is 2.20. The molecule has 0 radical (unpaired) electrons. The van der Waals surface area contributed by atoms with Crippen molar-refractivity contribution in [3.63, 3.8) is 0 Å². The van der Waals surface area contributed by atoms with Gasteiger partial charge in [-0.1, -0.05) is 23.2 Å². The van der Waals surface area contributed by atoms with Gasteiger partial charge in [0.2, 0.25) is 0 Å². The molecule has 19 heavy (non-hydrogen) atoms. The second-order valence-electron chi connectivity index (χ2n) is 4.28. The molecule has 1 unspecified atom stereocenters. The van der Waals surface area contributed by atoms with E-state index in [9.17, 15) is 18.0 Å². The number of alkyl halides is 3. The monoisotopic (exact) mass is 312 g/mol. The Morgan fingerprint density at radius 2 is 2.11 bits per heavy atom. The number of likely N-dealkylation sites (tertiary alicyclic amines) is 1. The minimum atomic E-state index is -4.27. The Morgan fingerprint density at radius 1 is 1.42 bits per heavy atom. The predicted octanol–water partition coefficient (Wildman–Crippen LogP) is 3.41. The number of halogens is 5. The number of carbonyl (C=O) groups excluding carboxylic acids is 1. The molecule has 1 amide bonds. The Kier molecular flexibility index (Phi) is 3.92. The topological polar surface area (TPSA) is 33.2 Å². The molecule has 1 aliphatic rings. The van der Waals surface area contributed by atoms with E-state index < -0.39 is 18.0 Å². The Bertz CT molecular complexity index is 507. The summed E-state index contributed by atoms with van der Waals surface area (Å²) in [5.41, 5.74) is 0.136. The number of nitrogens with zero attached hydrogens (tertiary/aromatic N) is 2. The van der Waals surface area contributed by atoms with Gasteiger partial charge in [-0.15, -0.1) is 0 Å². The fourth-order valence-electron chi connectivity index (χ4n) is 1.93. The van der Waals surface area contributed by atoms with E-state index in [0.29, 0.717) is 0 Å². The van der Waals surface area contributed by atoms with Gasteiger partial charge in [-0.3, -0.25) is 4.79 Å². The summed E-state index contributed by atoms with van der Waals surface area (Å²) in [7, 11) is 0.